The van der Waals surface area contributed by atoms with Crippen molar-refractivity contribution in [3.05, 3.63) is 62.0 Å². The molecule has 3 nitrogen and oxygen atoms in total. The number of aromatic carboxylic acids is 1. The molecule has 0 amide bonds. The van der Waals surface area contributed by atoms with E-state index >= 15 is 0 Å². The Bertz CT molecular complexity index is 659. The van der Waals surface area contributed by atoms with Gasteiger partial charge < -0.3 is 9.84 Å². The summed E-state index contributed by atoms with van der Waals surface area (Å²) in [5.74, 6) is -0.783. The largest absolute Gasteiger partial charge is 0.487 e. The number of halogens is 3. The van der Waals surface area contributed by atoms with Gasteiger partial charge in [0.2, 0.25) is 0 Å². The zero-order chi connectivity index (χ0) is 14.7. The summed E-state index contributed by atoms with van der Waals surface area (Å²) >= 11 is 15.1. The molecule has 20 heavy (non-hydrogen) atoms. The van der Waals surface area contributed by atoms with Crippen molar-refractivity contribution in [1.29, 1.82) is 0 Å². The van der Waals surface area contributed by atoms with E-state index in [1.54, 1.807) is 30.3 Å². The molecule has 104 valence electrons. The number of carbonyl (C=O) groups is 1. The van der Waals surface area contributed by atoms with Crippen molar-refractivity contribution >= 4 is 45.1 Å². The third-order valence-corrected chi connectivity index (χ3v) is 3.80. The van der Waals surface area contributed by atoms with Gasteiger partial charge >= 0.3 is 5.97 Å². The first-order valence-corrected chi connectivity index (χ1v) is 7.12. The lowest BCUT2D eigenvalue weighted by Crippen LogP contribution is -2.04. The highest BCUT2D eigenvalue weighted by Gasteiger charge is 2.14. The molecule has 2 aromatic carbocycles. The van der Waals surface area contributed by atoms with Crippen LogP contribution in [0.2, 0.25) is 10.0 Å². The Hall–Kier alpha value is -1.23. The van der Waals surface area contributed by atoms with Crippen LogP contribution in [0.3, 0.4) is 0 Å². The summed E-state index contributed by atoms with van der Waals surface area (Å²) in [6.45, 7) is 0.152. The molecule has 1 N–H and O–H groups in total. The summed E-state index contributed by atoms with van der Waals surface area (Å²) < 4.78 is 6.15. The number of carboxylic acids is 1. The lowest BCUT2D eigenvalue weighted by Gasteiger charge is -2.12. The van der Waals surface area contributed by atoms with E-state index in [1.807, 2.05) is 0 Å². The maximum Gasteiger partial charge on any atom is 0.339 e. The zero-order valence-corrected chi connectivity index (χ0v) is 13.2. The predicted octanol–water partition coefficient (Wildman–Crippen LogP) is 5.03. The Morgan fingerprint density at radius 3 is 2.65 bits per heavy atom. The molecular weight excluding hydrogens is 367 g/mol. The molecule has 0 spiro atoms. The lowest BCUT2D eigenvalue weighted by atomic mass is 10.2. The van der Waals surface area contributed by atoms with Crippen LogP contribution in [0.4, 0.5) is 0 Å². The molecule has 6 heteroatoms. The fourth-order valence-electron chi connectivity index (χ4n) is 1.61. The van der Waals surface area contributed by atoms with Gasteiger partial charge in [-0.05, 0) is 40.2 Å². The summed E-state index contributed by atoms with van der Waals surface area (Å²) in [4.78, 5) is 11.2. The topological polar surface area (TPSA) is 46.5 Å². The van der Waals surface area contributed by atoms with Crippen LogP contribution < -0.4 is 4.74 Å². The molecule has 0 saturated heterocycles. The second-order valence-corrected chi connectivity index (χ2v) is 5.64. The third kappa shape index (κ3) is 3.45. The fourth-order valence-corrected chi connectivity index (χ4v) is 2.56. The molecule has 0 radical (unpaired) electrons. The van der Waals surface area contributed by atoms with E-state index in [0.717, 1.165) is 5.56 Å². The molecule has 0 bridgehead atoms. The van der Waals surface area contributed by atoms with Gasteiger partial charge in [0, 0.05) is 15.6 Å². The number of rotatable bonds is 4. The van der Waals surface area contributed by atoms with E-state index in [2.05, 4.69) is 15.9 Å². The normalized spacial score (nSPS) is 10.3. The van der Waals surface area contributed by atoms with E-state index in [1.165, 1.54) is 6.07 Å². The van der Waals surface area contributed by atoms with E-state index in [-0.39, 0.29) is 17.9 Å². The number of hydrogen-bond donors (Lipinski definition) is 1. The Morgan fingerprint density at radius 2 is 2.00 bits per heavy atom. The minimum Gasteiger partial charge on any atom is -0.487 e. The maximum atomic E-state index is 11.2. The molecule has 0 aliphatic heterocycles. The van der Waals surface area contributed by atoms with Crippen molar-refractivity contribution in [2.75, 3.05) is 0 Å². The Kier molecular flexibility index (Phi) is 4.91. The molecule has 0 aliphatic rings. The van der Waals surface area contributed by atoms with E-state index in [4.69, 9.17) is 33.0 Å². The summed E-state index contributed by atoms with van der Waals surface area (Å²) in [5, 5.41) is 10.1. The van der Waals surface area contributed by atoms with Crippen molar-refractivity contribution in [2.45, 2.75) is 6.61 Å². The van der Waals surface area contributed by atoms with Gasteiger partial charge in [0.25, 0.3) is 0 Å². The quantitative estimate of drug-likeness (QED) is 0.814. The zero-order valence-electron chi connectivity index (χ0n) is 10.1. The average Bonchev–Trinajstić information content (AvgIpc) is 2.38. The Labute approximate surface area is 134 Å². The standard InChI is InChI=1S/C14H9BrCl2O3/c15-11-3-1-2-10(14(18)19)13(11)20-7-8-4-5-9(16)6-12(8)17/h1-6H,7H2,(H,18,19). The van der Waals surface area contributed by atoms with Gasteiger partial charge in [0.1, 0.15) is 17.9 Å². The van der Waals surface area contributed by atoms with Crippen LogP contribution in [0.1, 0.15) is 15.9 Å². The number of carboxylic acid groups (broad SMARTS) is 1. The molecule has 0 unspecified atom stereocenters. The number of benzene rings is 2. The van der Waals surface area contributed by atoms with E-state index in [0.29, 0.717) is 14.5 Å². The maximum absolute atomic E-state index is 11.2. The van der Waals surface area contributed by atoms with Crippen LogP contribution in [0, 0.1) is 0 Å². The average molecular weight is 376 g/mol. The molecule has 0 saturated carbocycles. The van der Waals surface area contributed by atoms with Crippen LogP contribution in [-0.4, -0.2) is 11.1 Å². The van der Waals surface area contributed by atoms with Gasteiger partial charge in [0.15, 0.2) is 0 Å². The van der Waals surface area contributed by atoms with E-state index in [9.17, 15) is 4.79 Å². The molecule has 0 aliphatic carbocycles. The van der Waals surface area contributed by atoms with Crippen LogP contribution >= 0.6 is 39.1 Å². The Morgan fingerprint density at radius 1 is 1.25 bits per heavy atom. The van der Waals surface area contributed by atoms with Gasteiger partial charge in [-0.3, -0.25) is 0 Å². The minimum atomic E-state index is -1.05. The first-order valence-electron chi connectivity index (χ1n) is 5.57. The summed E-state index contributed by atoms with van der Waals surface area (Å²) in [6, 6.07) is 9.87. The second-order valence-electron chi connectivity index (χ2n) is 3.95. The van der Waals surface area contributed by atoms with Crippen molar-refractivity contribution in [1.82, 2.24) is 0 Å². The van der Waals surface area contributed by atoms with Crippen molar-refractivity contribution in [3.8, 4) is 5.75 Å². The van der Waals surface area contributed by atoms with Crippen LogP contribution in [-0.2, 0) is 6.61 Å². The Balaban J connectivity index is 2.25. The van der Waals surface area contributed by atoms with Crippen LogP contribution in [0.5, 0.6) is 5.75 Å². The SMILES string of the molecule is O=C(O)c1cccc(Br)c1OCc1ccc(Cl)cc1Cl. The molecule has 2 rings (SSSR count). The van der Waals surface area contributed by atoms with Crippen LogP contribution in [0.15, 0.2) is 40.9 Å². The first kappa shape index (κ1) is 15.2. The van der Waals surface area contributed by atoms with Crippen molar-refractivity contribution in [2.24, 2.45) is 0 Å². The van der Waals surface area contributed by atoms with Crippen molar-refractivity contribution < 1.29 is 14.6 Å². The van der Waals surface area contributed by atoms with Gasteiger partial charge in [-0.2, -0.15) is 0 Å². The van der Waals surface area contributed by atoms with Crippen LogP contribution in [0.25, 0.3) is 0 Å². The minimum absolute atomic E-state index is 0.0875. The monoisotopic (exact) mass is 374 g/mol. The van der Waals surface area contributed by atoms with E-state index < -0.39 is 5.97 Å². The number of para-hydroxylation sites is 1. The summed E-state index contributed by atoms with van der Waals surface area (Å²) in [5.41, 5.74) is 0.813. The summed E-state index contributed by atoms with van der Waals surface area (Å²) in [7, 11) is 0. The lowest BCUT2D eigenvalue weighted by molar-refractivity contribution is 0.0691. The molecule has 0 atom stereocenters. The van der Waals surface area contributed by atoms with Gasteiger partial charge in [0.05, 0.1) is 4.47 Å². The number of ether oxygens (including phenoxy) is 1. The number of hydrogen-bond acceptors (Lipinski definition) is 2. The summed E-state index contributed by atoms with van der Waals surface area (Å²) in [6.07, 6.45) is 0. The van der Waals surface area contributed by atoms with Gasteiger partial charge in [-0.1, -0.05) is 35.3 Å². The molecule has 0 heterocycles. The highest BCUT2D eigenvalue weighted by atomic mass is 79.9. The van der Waals surface area contributed by atoms with Crippen molar-refractivity contribution in [3.63, 3.8) is 0 Å². The van der Waals surface area contributed by atoms with Gasteiger partial charge in [-0.25, -0.2) is 4.79 Å². The highest BCUT2D eigenvalue weighted by Crippen LogP contribution is 2.31. The third-order valence-electron chi connectivity index (χ3n) is 2.58. The smallest absolute Gasteiger partial charge is 0.339 e. The molecule has 0 aromatic heterocycles. The second kappa shape index (κ2) is 6.48. The highest BCUT2D eigenvalue weighted by molar-refractivity contribution is 9.10. The fraction of sp³-hybridized carbons (Fsp3) is 0.0714. The predicted molar refractivity (Wildman–Crippen MR) is 81.9 cm³/mol. The molecular formula is C14H9BrCl2O3. The molecule has 0 fully saturated rings. The molecule has 2 aromatic rings. The van der Waals surface area contributed by atoms with Gasteiger partial charge in [-0.15, -0.1) is 0 Å². The first-order chi connectivity index (χ1) is 9.49.